The first kappa shape index (κ1) is 13.4. The predicted octanol–water partition coefficient (Wildman–Crippen LogP) is 3.64. The molecule has 1 aromatic carbocycles. The lowest BCUT2D eigenvalue weighted by Crippen LogP contribution is -2.02. The molecule has 0 unspecified atom stereocenters. The number of fused-ring (bicyclic) bond motifs is 1. The quantitative estimate of drug-likeness (QED) is 0.766. The van der Waals surface area contributed by atoms with E-state index in [-0.39, 0.29) is 0 Å². The van der Waals surface area contributed by atoms with E-state index < -0.39 is 0 Å². The number of hydrogen-bond acceptors (Lipinski definition) is 4. The lowest BCUT2D eigenvalue weighted by molar-refractivity contribution is 0.867. The maximum atomic E-state index is 4.54. The average molecular weight is 281 g/mol. The molecule has 108 valence electrons. The van der Waals surface area contributed by atoms with Crippen LogP contribution in [-0.2, 0) is 0 Å². The monoisotopic (exact) mass is 281 g/mol. The number of benzene rings is 1. The Morgan fingerprint density at radius 2 is 1.90 bits per heavy atom. The third kappa shape index (κ3) is 2.67. The Kier molecular flexibility index (Phi) is 3.48. The van der Waals surface area contributed by atoms with E-state index in [1.165, 1.54) is 5.56 Å². The molecule has 0 aliphatic heterocycles. The fourth-order valence-electron chi connectivity index (χ4n) is 2.22. The number of anilines is 3. The van der Waals surface area contributed by atoms with E-state index in [0.29, 0.717) is 5.92 Å². The average Bonchev–Trinajstić information content (AvgIpc) is 2.96. The summed E-state index contributed by atoms with van der Waals surface area (Å²) in [5.41, 5.74) is 3.13. The van der Waals surface area contributed by atoms with Crippen LogP contribution in [0.4, 0.5) is 17.3 Å². The van der Waals surface area contributed by atoms with E-state index in [1.807, 2.05) is 23.8 Å². The Morgan fingerprint density at radius 3 is 2.57 bits per heavy atom. The van der Waals surface area contributed by atoms with Crippen LogP contribution in [0.1, 0.15) is 25.3 Å². The summed E-state index contributed by atoms with van der Waals surface area (Å²) in [4.78, 5) is 8.89. The van der Waals surface area contributed by atoms with Crippen LogP contribution in [0, 0.1) is 0 Å². The molecule has 21 heavy (non-hydrogen) atoms. The molecule has 2 heterocycles. The first-order valence-corrected chi connectivity index (χ1v) is 7.06. The van der Waals surface area contributed by atoms with Crippen molar-refractivity contribution in [1.29, 1.82) is 0 Å². The van der Waals surface area contributed by atoms with Gasteiger partial charge in [0.2, 0.25) is 0 Å². The van der Waals surface area contributed by atoms with Crippen molar-refractivity contribution >= 4 is 23.0 Å². The predicted molar refractivity (Wildman–Crippen MR) is 86.3 cm³/mol. The molecule has 3 rings (SSSR count). The number of nitrogens with zero attached hydrogens (tertiary/aromatic N) is 3. The van der Waals surface area contributed by atoms with Gasteiger partial charge in [-0.25, -0.2) is 9.97 Å². The van der Waals surface area contributed by atoms with Crippen molar-refractivity contribution in [2.24, 2.45) is 0 Å². The Bertz CT molecular complexity index is 743. The standard InChI is InChI=1S/C16H19N5/c1-11(2)12-4-6-13(7-5-12)19-15-16-18-8-9-21(16)10-14(17-3)20-15/h4-11,17H,1-3H3,(H,19,20). The minimum atomic E-state index is 0.531. The SMILES string of the molecule is CNc1cn2ccnc2c(Nc2ccc(C(C)C)cc2)n1. The Balaban J connectivity index is 1.95. The Morgan fingerprint density at radius 1 is 1.14 bits per heavy atom. The summed E-state index contributed by atoms with van der Waals surface area (Å²) in [5.74, 6) is 2.06. The molecule has 0 spiro atoms. The van der Waals surface area contributed by atoms with Crippen LogP contribution in [-0.4, -0.2) is 21.4 Å². The minimum absolute atomic E-state index is 0.531. The van der Waals surface area contributed by atoms with Crippen LogP contribution in [0.25, 0.3) is 5.65 Å². The van der Waals surface area contributed by atoms with E-state index in [0.717, 1.165) is 23.0 Å². The molecular weight excluding hydrogens is 262 g/mol. The second-order valence-corrected chi connectivity index (χ2v) is 5.28. The Hall–Kier alpha value is -2.56. The maximum Gasteiger partial charge on any atom is 0.180 e. The molecule has 5 nitrogen and oxygen atoms in total. The van der Waals surface area contributed by atoms with Crippen LogP contribution in [0.2, 0.25) is 0 Å². The van der Waals surface area contributed by atoms with Crippen molar-refractivity contribution in [2.45, 2.75) is 19.8 Å². The molecule has 0 fully saturated rings. The van der Waals surface area contributed by atoms with Crippen LogP contribution in [0.5, 0.6) is 0 Å². The summed E-state index contributed by atoms with van der Waals surface area (Å²) >= 11 is 0. The number of nitrogens with one attached hydrogen (secondary N) is 2. The van der Waals surface area contributed by atoms with Gasteiger partial charge in [0.15, 0.2) is 11.5 Å². The fourth-order valence-corrected chi connectivity index (χ4v) is 2.22. The van der Waals surface area contributed by atoms with Gasteiger partial charge in [-0.3, -0.25) is 0 Å². The molecule has 0 amide bonds. The highest BCUT2D eigenvalue weighted by molar-refractivity contribution is 5.71. The summed E-state index contributed by atoms with van der Waals surface area (Å²) < 4.78 is 1.95. The minimum Gasteiger partial charge on any atom is -0.372 e. The van der Waals surface area contributed by atoms with Crippen molar-refractivity contribution in [1.82, 2.24) is 14.4 Å². The van der Waals surface area contributed by atoms with Gasteiger partial charge in [-0.2, -0.15) is 0 Å². The van der Waals surface area contributed by atoms with Gasteiger partial charge in [-0.05, 0) is 23.6 Å². The molecule has 0 aliphatic carbocycles. The summed E-state index contributed by atoms with van der Waals surface area (Å²) in [6.45, 7) is 4.38. The topological polar surface area (TPSA) is 54.2 Å². The van der Waals surface area contributed by atoms with Gasteiger partial charge in [-0.1, -0.05) is 26.0 Å². The smallest absolute Gasteiger partial charge is 0.180 e. The van der Waals surface area contributed by atoms with Gasteiger partial charge in [0.05, 0.1) is 6.20 Å². The molecule has 0 radical (unpaired) electrons. The molecule has 0 saturated heterocycles. The molecule has 0 atom stereocenters. The van der Waals surface area contributed by atoms with E-state index in [4.69, 9.17) is 0 Å². The highest BCUT2D eigenvalue weighted by Crippen LogP contribution is 2.23. The largest absolute Gasteiger partial charge is 0.372 e. The van der Waals surface area contributed by atoms with Gasteiger partial charge >= 0.3 is 0 Å². The third-order valence-corrected chi connectivity index (χ3v) is 3.47. The summed E-state index contributed by atoms with van der Waals surface area (Å²) in [6.07, 6.45) is 5.59. The maximum absolute atomic E-state index is 4.54. The van der Waals surface area contributed by atoms with Crippen molar-refractivity contribution in [3.63, 3.8) is 0 Å². The van der Waals surface area contributed by atoms with Gasteiger partial charge in [-0.15, -0.1) is 0 Å². The number of aromatic nitrogens is 3. The van der Waals surface area contributed by atoms with E-state index in [2.05, 4.69) is 58.7 Å². The van der Waals surface area contributed by atoms with Crippen LogP contribution < -0.4 is 10.6 Å². The van der Waals surface area contributed by atoms with Gasteiger partial charge in [0, 0.05) is 25.1 Å². The second-order valence-electron chi connectivity index (χ2n) is 5.28. The van der Waals surface area contributed by atoms with Gasteiger partial charge in [0.1, 0.15) is 5.82 Å². The summed E-state index contributed by atoms with van der Waals surface area (Å²) in [5, 5.41) is 6.40. The number of hydrogen-bond donors (Lipinski definition) is 2. The summed E-state index contributed by atoms with van der Waals surface area (Å²) in [6, 6.07) is 8.42. The highest BCUT2D eigenvalue weighted by Gasteiger charge is 2.07. The zero-order valence-corrected chi connectivity index (χ0v) is 12.5. The molecule has 0 saturated carbocycles. The highest BCUT2D eigenvalue weighted by atomic mass is 15.1. The van der Waals surface area contributed by atoms with Crippen LogP contribution >= 0.6 is 0 Å². The molecule has 5 heteroatoms. The Labute approximate surface area is 124 Å². The first-order chi connectivity index (χ1) is 10.2. The van der Waals surface area contributed by atoms with Crippen LogP contribution in [0.15, 0.2) is 42.9 Å². The van der Waals surface area contributed by atoms with E-state index in [1.54, 1.807) is 6.20 Å². The fraction of sp³-hybridized carbons (Fsp3) is 0.250. The number of rotatable bonds is 4. The molecule has 0 bridgehead atoms. The second kappa shape index (κ2) is 5.44. The lowest BCUT2D eigenvalue weighted by atomic mass is 10.0. The van der Waals surface area contributed by atoms with Crippen molar-refractivity contribution in [3.05, 3.63) is 48.4 Å². The van der Waals surface area contributed by atoms with Crippen molar-refractivity contribution in [2.75, 3.05) is 17.7 Å². The molecule has 0 aliphatic rings. The van der Waals surface area contributed by atoms with E-state index in [9.17, 15) is 0 Å². The normalized spacial score (nSPS) is 11.0. The van der Waals surface area contributed by atoms with Crippen LogP contribution in [0.3, 0.4) is 0 Å². The zero-order chi connectivity index (χ0) is 14.8. The van der Waals surface area contributed by atoms with Crippen molar-refractivity contribution in [3.8, 4) is 0 Å². The van der Waals surface area contributed by atoms with Gasteiger partial charge in [0.25, 0.3) is 0 Å². The number of imidazole rings is 1. The lowest BCUT2D eigenvalue weighted by Gasteiger charge is -2.11. The van der Waals surface area contributed by atoms with Gasteiger partial charge < -0.3 is 15.0 Å². The van der Waals surface area contributed by atoms with Crippen molar-refractivity contribution < 1.29 is 0 Å². The molecule has 2 N–H and O–H groups in total. The molecular formula is C16H19N5. The van der Waals surface area contributed by atoms with E-state index >= 15 is 0 Å². The zero-order valence-electron chi connectivity index (χ0n) is 12.5. The molecule has 3 aromatic rings. The third-order valence-electron chi connectivity index (χ3n) is 3.47. The summed E-state index contributed by atoms with van der Waals surface area (Å²) in [7, 11) is 1.85. The molecule has 2 aromatic heterocycles. The first-order valence-electron chi connectivity index (χ1n) is 7.06.